The number of ketones is 1. The van der Waals surface area contributed by atoms with Crippen molar-refractivity contribution in [3.05, 3.63) is 21.5 Å². The minimum absolute atomic E-state index is 0.0348. The lowest BCUT2D eigenvalue weighted by atomic mass is 9.87. The van der Waals surface area contributed by atoms with Crippen LogP contribution in [0.2, 0.25) is 0 Å². The quantitative estimate of drug-likeness (QED) is 0.809. The van der Waals surface area contributed by atoms with Gasteiger partial charge in [-0.15, -0.1) is 23.5 Å². The third kappa shape index (κ3) is 3.48. The molecule has 4 nitrogen and oxygen atoms in total. The summed E-state index contributed by atoms with van der Waals surface area (Å²) < 4.78 is 0. The summed E-state index contributed by atoms with van der Waals surface area (Å²) in [5.74, 6) is 0.487. The van der Waals surface area contributed by atoms with Crippen molar-refractivity contribution >= 4 is 35.2 Å². The van der Waals surface area contributed by atoms with Crippen LogP contribution in [-0.2, 0) is 9.59 Å². The molecule has 0 saturated carbocycles. The minimum Gasteiger partial charge on any atom is -0.395 e. The van der Waals surface area contributed by atoms with Crippen molar-refractivity contribution in [1.82, 2.24) is 5.32 Å². The predicted octanol–water partition coefficient (Wildman–Crippen LogP) is 1.71. The molecule has 1 aliphatic heterocycles. The Morgan fingerprint density at radius 2 is 2.30 bits per heavy atom. The van der Waals surface area contributed by atoms with E-state index >= 15 is 0 Å². The summed E-state index contributed by atoms with van der Waals surface area (Å²) in [4.78, 5) is 26.0. The van der Waals surface area contributed by atoms with E-state index in [1.54, 1.807) is 11.8 Å². The van der Waals surface area contributed by atoms with Crippen LogP contribution in [0.15, 0.2) is 21.5 Å². The first-order valence-corrected chi connectivity index (χ1v) is 8.47. The molecule has 1 amide bonds. The lowest BCUT2D eigenvalue weighted by Crippen LogP contribution is -2.29. The summed E-state index contributed by atoms with van der Waals surface area (Å²) >= 11 is 3.17. The van der Waals surface area contributed by atoms with E-state index in [4.69, 9.17) is 5.11 Å². The highest BCUT2D eigenvalue weighted by molar-refractivity contribution is 8.04. The Hall–Kier alpha value is -0.720. The number of Topliss-reactive ketones (excluding diaryl/α,β-unsaturated/α-hetero) is 1. The number of aliphatic hydroxyl groups excluding tert-OH is 1. The molecular formula is C14H19NO3S2. The van der Waals surface area contributed by atoms with E-state index in [1.165, 1.54) is 22.2 Å². The van der Waals surface area contributed by atoms with E-state index in [-0.39, 0.29) is 36.0 Å². The monoisotopic (exact) mass is 313 g/mol. The Labute approximate surface area is 127 Å². The first kappa shape index (κ1) is 15.7. The highest BCUT2D eigenvalue weighted by atomic mass is 32.2. The molecule has 1 heterocycles. The van der Waals surface area contributed by atoms with Crippen molar-refractivity contribution in [3.8, 4) is 0 Å². The van der Waals surface area contributed by atoms with Gasteiger partial charge >= 0.3 is 0 Å². The normalized spacial score (nSPS) is 25.6. The topological polar surface area (TPSA) is 66.4 Å². The zero-order valence-corrected chi connectivity index (χ0v) is 13.3. The molecule has 2 N–H and O–H groups in total. The van der Waals surface area contributed by atoms with Gasteiger partial charge in [-0.1, -0.05) is 11.6 Å². The molecule has 110 valence electrons. The number of rotatable bonds is 5. The van der Waals surface area contributed by atoms with Gasteiger partial charge in [-0.2, -0.15) is 0 Å². The average Bonchev–Trinajstić information content (AvgIpc) is 2.69. The number of aliphatic hydroxyl groups is 1. The molecule has 0 radical (unpaired) electrons. The van der Waals surface area contributed by atoms with Gasteiger partial charge in [-0.05, 0) is 23.7 Å². The van der Waals surface area contributed by atoms with Gasteiger partial charge in [0.25, 0.3) is 0 Å². The zero-order valence-electron chi connectivity index (χ0n) is 11.6. The van der Waals surface area contributed by atoms with Crippen LogP contribution < -0.4 is 5.32 Å². The fourth-order valence-corrected chi connectivity index (χ4v) is 4.85. The number of hydrogen-bond donors (Lipinski definition) is 2. The Kier molecular flexibility index (Phi) is 5.35. The van der Waals surface area contributed by atoms with Crippen LogP contribution in [0.25, 0.3) is 0 Å². The maximum atomic E-state index is 12.2. The maximum absolute atomic E-state index is 12.2. The van der Waals surface area contributed by atoms with Gasteiger partial charge in [0, 0.05) is 18.2 Å². The first-order chi connectivity index (χ1) is 9.52. The second-order valence-corrected chi connectivity index (χ2v) is 7.43. The largest absolute Gasteiger partial charge is 0.395 e. The van der Waals surface area contributed by atoms with Gasteiger partial charge in [0.1, 0.15) is 5.78 Å². The van der Waals surface area contributed by atoms with Crippen LogP contribution in [0.3, 0.4) is 0 Å². The molecule has 0 spiro atoms. The summed E-state index contributed by atoms with van der Waals surface area (Å²) in [5, 5.41) is 11.5. The summed E-state index contributed by atoms with van der Waals surface area (Å²) in [5.41, 5.74) is 1.20. The Balaban J connectivity index is 1.92. The van der Waals surface area contributed by atoms with Gasteiger partial charge in [-0.25, -0.2) is 0 Å². The highest BCUT2D eigenvalue weighted by Crippen LogP contribution is 2.47. The van der Waals surface area contributed by atoms with Crippen molar-refractivity contribution < 1.29 is 14.7 Å². The molecule has 0 aromatic carbocycles. The van der Waals surface area contributed by atoms with Crippen molar-refractivity contribution in [3.63, 3.8) is 0 Å². The van der Waals surface area contributed by atoms with Crippen LogP contribution in [0.4, 0.5) is 0 Å². The van der Waals surface area contributed by atoms with Crippen LogP contribution in [0.5, 0.6) is 0 Å². The summed E-state index contributed by atoms with van der Waals surface area (Å²) in [6, 6.07) is 0. The summed E-state index contributed by atoms with van der Waals surface area (Å²) in [7, 11) is 0. The number of fused-ring (bicyclic) bond motifs is 1. The van der Waals surface area contributed by atoms with Gasteiger partial charge in [0.15, 0.2) is 0 Å². The summed E-state index contributed by atoms with van der Waals surface area (Å²) in [6.45, 7) is 4.33. The number of carbonyl (C=O) groups excluding carboxylic acids is 2. The molecule has 0 aromatic heterocycles. The van der Waals surface area contributed by atoms with Gasteiger partial charge in [0.2, 0.25) is 5.91 Å². The smallest absolute Gasteiger partial charge is 0.230 e. The lowest BCUT2D eigenvalue weighted by Gasteiger charge is -2.23. The lowest BCUT2D eigenvalue weighted by molar-refractivity contribution is -0.121. The molecule has 2 unspecified atom stereocenters. The van der Waals surface area contributed by atoms with Crippen molar-refractivity contribution in [2.75, 3.05) is 18.9 Å². The van der Waals surface area contributed by atoms with Crippen LogP contribution >= 0.6 is 23.5 Å². The fourth-order valence-electron chi connectivity index (χ4n) is 2.41. The van der Waals surface area contributed by atoms with E-state index in [0.29, 0.717) is 12.2 Å². The number of carbonyl (C=O) groups is 2. The Morgan fingerprint density at radius 1 is 1.55 bits per heavy atom. The van der Waals surface area contributed by atoms with E-state index in [1.807, 2.05) is 6.92 Å². The molecule has 2 atom stereocenters. The van der Waals surface area contributed by atoms with Gasteiger partial charge in [0.05, 0.1) is 18.3 Å². The van der Waals surface area contributed by atoms with Crippen LogP contribution in [0, 0.1) is 5.92 Å². The third-order valence-electron chi connectivity index (χ3n) is 3.53. The van der Waals surface area contributed by atoms with E-state index in [0.717, 1.165) is 4.91 Å². The number of allylic oxidation sites excluding steroid dienone is 3. The third-order valence-corrected chi connectivity index (χ3v) is 5.95. The van der Waals surface area contributed by atoms with Gasteiger partial charge in [-0.3, -0.25) is 9.59 Å². The average molecular weight is 313 g/mol. The van der Waals surface area contributed by atoms with Crippen LogP contribution in [-0.4, -0.2) is 41.0 Å². The van der Waals surface area contributed by atoms with E-state index in [9.17, 15) is 9.59 Å². The van der Waals surface area contributed by atoms with E-state index < -0.39 is 0 Å². The molecule has 6 heteroatoms. The molecule has 0 aromatic rings. The van der Waals surface area contributed by atoms with Crippen molar-refractivity contribution in [2.24, 2.45) is 5.92 Å². The van der Waals surface area contributed by atoms with Crippen molar-refractivity contribution in [1.29, 1.82) is 0 Å². The number of hydrogen-bond acceptors (Lipinski definition) is 5. The molecule has 0 saturated heterocycles. The molecule has 2 rings (SSSR count). The molecular weight excluding hydrogens is 294 g/mol. The maximum Gasteiger partial charge on any atom is 0.230 e. The molecule has 2 aliphatic rings. The standard InChI is InChI=1S/C14H19NO3S2/c1-8-9(2)20-12-6-10(5-11(17)14(8)12)19-7-13(18)15-3-4-16/h6,12,14,16H,3-5,7H2,1-2H3,(H,15,18). The minimum atomic E-state index is -0.107. The molecule has 0 bridgehead atoms. The zero-order chi connectivity index (χ0) is 14.7. The molecule has 1 aliphatic carbocycles. The number of nitrogens with one attached hydrogen (secondary N) is 1. The molecule has 20 heavy (non-hydrogen) atoms. The Bertz CT molecular complexity index is 485. The van der Waals surface area contributed by atoms with E-state index in [2.05, 4.69) is 18.3 Å². The highest BCUT2D eigenvalue weighted by Gasteiger charge is 2.38. The number of amides is 1. The molecule has 0 fully saturated rings. The van der Waals surface area contributed by atoms with Crippen LogP contribution in [0.1, 0.15) is 20.3 Å². The van der Waals surface area contributed by atoms with Crippen molar-refractivity contribution in [2.45, 2.75) is 25.5 Å². The first-order valence-electron chi connectivity index (χ1n) is 6.60. The number of thioether (sulfide) groups is 2. The second-order valence-electron chi connectivity index (χ2n) is 4.94. The second kappa shape index (κ2) is 6.83. The summed E-state index contributed by atoms with van der Waals surface area (Å²) in [6.07, 6.45) is 2.57. The predicted molar refractivity (Wildman–Crippen MR) is 83.5 cm³/mol. The Morgan fingerprint density at radius 3 is 3.00 bits per heavy atom. The fraction of sp³-hybridized carbons (Fsp3) is 0.571. The SMILES string of the molecule is CC1=C(C)C2C(=O)CC(SCC(=O)NCCO)=CC2S1. The van der Waals surface area contributed by atoms with Gasteiger partial charge < -0.3 is 10.4 Å².